The normalized spacial score (nSPS) is 16.1. The Balaban J connectivity index is -0.0000000437. The maximum atomic E-state index is 12.3. The summed E-state index contributed by atoms with van der Waals surface area (Å²) >= 11 is 4.74. The Bertz CT molecular complexity index is 1190. The molecule has 0 unspecified atom stereocenters. The summed E-state index contributed by atoms with van der Waals surface area (Å²) in [6.07, 6.45) is 3.44. The third-order valence-corrected chi connectivity index (χ3v) is 8.20. The van der Waals surface area contributed by atoms with Crippen LogP contribution in [0.2, 0.25) is 0 Å². The Morgan fingerprint density at radius 2 is 0.949 bits per heavy atom. The first kappa shape index (κ1) is 124. The van der Waals surface area contributed by atoms with Gasteiger partial charge < -0.3 is 59.6 Å². The zero-order chi connectivity index (χ0) is 56.6. The van der Waals surface area contributed by atoms with E-state index in [0.29, 0.717) is 61.5 Å². The molecule has 4 atom stereocenters. The summed E-state index contributed by atoms with van der Waals surface area (Å²) < 4.78 is 42.6. The number of rotatable bonds is 15. The number of nitrogens with zero attached hydrogens (tertiary/aromatic N) is 3. The summed E-state index contributed by atoms with van der Waals surface area (Å²) in [7, 11) is 0.628. The molecule has 3 aliphatic rings. The van der Waals surface area contributed by atoms with E-state index < -0.39 is 28.7 Å². The summed E-state index contributed by atoms with van der Waals surface area (Å²) in [4.78, 5) is 31.7. The van der Waals surface area contributed by atoms with Crippen LogP contribution in [0, 0.1) is 0 Å². The Kier molecular flexibility index (Phi) is 129. The molecule has 479 valence electrons. The van der Waals surface area contributed by atoms with Gasteiger partial charge in [-0.2, -0.15) is 0 Å². The minimum Gasteiger partial charge on any atom is 0 e. The Morgan fingerprint density at radius 3 is 1.22 bits per heavy atom. The van der Waals surface area contributed by atoms with E-state index in [1.165, 1.54) is 6.42 Å². The SMILES string of the molecule is C.C.C.C.C.CC.CC.CC.CC.CC(C)(C)OC(=O)N1[C@@H](CCO)COC1(C)C.CCC.CCOCC[C@H](N)CO.CCOCC[C@H]1COC(C)(C)N1C(=O)OC(C)(C)C.CCOCC[C@H]1COC(N)=N1.[I][V][I].[Y].[Y].[Y].[Y]. The number of hydrogen-bond donors (Lipinski definition) is 4. The molecule has 17 nitrogen and oxygen atoms in total. The van der Waals surface area contributed by atoms with Crippen molar-refractivity contribution in [2.24, 2.45) is 16.5 Å². The minimum absolute atomic E-state index is 0. The summed E-state index contributed by atoms with van der Waals surface area (Å²) in [6.45, 7) is 50.5. The van der Waals surface area contributed by atoms with Crippen molar-refractivity contribution in [1.82, 2.24) is 9.80 Å². The molecule has 0 spiro atoms. The van der Waals surface area contributed by atoms with Crippen molar-refractivity contribution in [2.45, 2.75) is 275 Å². The largest absolute Gasteiger partial charge is 0 e. The Morgan fingerprint density at radius 1 is 0.646 bits per heavy atom. The first-order valence-corrected chi connectivity index (χ1v) is 34.7. The van der Waals surface area contributed by atoms with Gasteiger partial charge in [0.2, 0.25) is 0 Å². The standard InChI is InChI=1S/C14H27NO4.C12H23NO4.C7H14N2O2.C6H15NO2.C3H8.4C2H6.5CH4.2HI.V.4Y/c1-7-17-9-8-11-10-18-14(5,6)15(11)12(16)19-13(2,3)4;1-11(2,3)17-10(15)13-9(6-7-14)8-16-12(13,4)5;1-2-10-4-3-6-5-11-7(8)9-6;1-2-9-4-3-6(7)5-8;1-3-2;4*1-2;;;;;;;;;;;;/h11H,7-10H2,1-6H3;9,14H,6-8H2,1-5H3;6H,2-5H2,1H3,(H2,8,9);6,8H,2-5,7H2,1H3;3H2,1-2H3;4*1-2H3;5*1H4;2*1H;;;;;/q;;;;;;;;;;;;;;;;+2;;;;/p-2/t11-;9-;2*6-;;;;;;;;;;;;;;;;;/m0000................./s1. The van der Waals surface area contributed by atoms with Crippen LogP contribution >= 0.6 is 40.0 Å². The molecule has 79 heavy (non-hydrogen) atoms. The van der Waals surface area contributed by atoms with Crippen LogP contribution in [0.3, 0.4) is 0 Å². The second-order valence-corrected chi connectivity index (χ2v) is 28.9. The molecule has 4 radical (unpaired) electrons. The molecule has 2 saturated heterocycles. The number of aliphatic hydroxyl groups excluding tert-OH is 2. The smallest absolute Gasteiger partial charge is 0 e. The summed E-state index contributed by atoms with van der Waals surface area (Å²) in [5, 5.41) is 17.4. The molecule has 0 aromatic carbocycles. The first-order chi connectivity index (χ1) is 32.8. The zero-order valence-electron chi connectivity index (χ0n) is 51.1. The zero-order valence-corrected chi connectivity index (χ0v) is 68.2. The molecule has 24 heteroatoms. The van der Waals surface area contributed by atoms with Crippen LogP contribution in [0.25, 0.3) is 0 Å². The number of hydrogen-bond acceptors (Lipinski definition) is 15. The van der Waals surface area contributed by atoms with Crippen LogP contribution in [0.4, 0.5) is 9.59 Å². The van der Waals surface area contributed by atoms with Gasteiger partial charge in [0.05, 0.1) is 37.9 Å². The predicted molar refractivity (Wildman–Crippen MR) is 338 cm³/mol. The van der Waals surface area contributed by atoms with Gasteiger partial charge in [-0.3, -0.25) is 9.80 Å². The molecule has 0 aromatic heterocycles. The van der Waals surface area contributed by atoms with Gasteiger partial charge in [0.25, 0.3) is 6.02 Å². The van der Waals surface area contributed by atoms with Crippen molar-refractivity contribution in [1.29, 1.82) is 0 Å². The maximum absolute atomic E-state index is 12.3. The number of aliphatic hydroxyl groups is 2. The fourth-order valence-electron chi connectivity index (χ4n) is 5.48. The first-order valence-electron chi connectivity index (χ1n) is 25.7. The second-order valence-electron chi connectivity index (χ2n) is 17.1. The monoisotopic (exact) mass is 1710 g/mol. The Hall–Kier alpha value is 3.95. The van der Waals surface area contributed by atoms with Crippen molar-refractivity contribution in [3.05, 3.63) is 0 Å². The average molecular weight is 1720 g/mol. The van der Waals surface area contributed by atoms with Crippen LogP contribution in [-0.2, 0) is 178 Å². The Labute approximate surface area is 621 Å². The molecule has 0 aliphatic carbocycles. The van der Waals surface area contributed by atoms with Crippen LogP contribution in [0.1, 0.15) is 228 Å². The molecule has 3 aliphatic heterocycles. The van der Waals surface area contributed by atoms with Gasteiger partial charge in [-0.25, -0.2) is 14.6 Å². The van der Waals surface area contributed by atoms with Gasteiger partial charge in [0.15, 0.2) is 0 Å². The third kappa shape index (κ3) is 76.1. The van der Waals surface area contributed by atoms with E-state index in [9.17, 15) is 9.59 Å². The molecule has 6 N–H and O–H groups in total. The summed E-state index contributed by atoms with van der Waals surface area (Å²) in [5.74, 6) is 0. The second kappa shape index (κ2) is 82.0. The molecule has 0 aromatic rings. The topological polar surface area (TPSA) is 219 Å². The van der Waals surface area contributed by atoms with Crippen LogP contribution in [-0.4, -0.2) is 158 Å². The maximum Gasteiger partial charge on any atom is 0 e. The van der Waals surface area contributed by atoms with Gasteiger partial charge >= 0.3 is 61.6 Å². The molecular weight excluding hydrogens is 1580 g/mol. The quantitative estimate of drug-likeness (QED) is 0.0886. The molecule has 2 amide bonds. The van der Waals surface area contributed by atoms with Crippen molar-refractivity contribution in [3.63, 3.8) is 0 Å². The van der Waals surface area contributed by atoms with Gasteiger partial charge in [-0.1, -0.05) is 113 Å². The van der Waals surface area contributed by atoms with Gasteiger partial charge in [0, 0.05) is 183 Å². The van der Waals surface area contributed by atoms with Crippen molar-refractivity contribution < 1.29 is 198 Å². The van der Waals surface area contributed by atoms with Gasteiger partial charge in [0.1, 0.15) is 29.3 Å². The third-order valence-electron chi connectivity index (χ3n) is 8.20. The number of amidine groups is 1. The fraction of sp³-hybridized carbons (Fsp3) is 0.945. The molecule has 3 heterocycles. The number of halogens is 2. The molecular formula is C55H131I2N5O12VY4. The number of amides is 2. The van der Waals surface area contributed by atoms with Gasteiger partial charge in [-0.05, 0) is 116 Å². The predicted octanol–water partition coefficient (Wildman–Crippen LogP) is 14.8. The number of carbonyl (C=O) groups is 2. The molecule has 2 fully saturated rings. The van der Waals surface area contributed by atoms with Crippen molar-refractivity contribution >= 4 is 58.2 Å². The number of nitrogens with two attached hydrogens (primary N) is 2. The van der Waals surface area contributed by atoms with Crippen LogP contribution in [0.15, 0.2) is 4.99 Å². The van der Waals surface area contributed by atoms with E-state index in [4.69, 9.17) is 59.6 Å². The summed E-state index contributed by atoms with van der Waals surface area (Å²) in [5.41, 5.74) is 8.37. The average Bonchev–Trinajstić information content (AvgIpc) is 3.96. The van der Waals surface area contributed by atoms with E-state index in [-0.39, 0.29) is 211 Å². The van der Waals surface area contributed by atoms with E-state index in [2.05, 4.69) is 58.8 Å². The number of carbonyl (C=O) groups excluding carboxylic acids is 2. The number of ether oxygens (including phenoxy) is 8. The fourth-order valence-corrected chi connectivity index (χ4v) is 5.48. The van der Waals surface area contributed by atoms with E-state index in [0.717, 1.165) is 39.1 Å². The molecule has 3 rings (SSSR count). The van der Waals surface area contributed by atoms with Crippen molar-refractivity contribution in [3.8, 4) is 0 Å². The number of aliphatic imine (C=N–C) groups is 1. The van der Waals surface area contributed by atoms with Gasteiger partial charge in [-0.15, -0.1) is 0 Å². The minimum atomic E-state index is -0.678. The van der Waals surface area contributed by atoms with Crippen molar-refractivity contribution in [2.75, 3.05) is 72.7 Å². The van der Waals surface area contributed by atoms with E-state index in [1.54, 1.807) is 9.80 Å². The van der Waals surface area contributed by atoms with Crippen LogP contribution in [0.5, 0.6) is 0 Å². The molecule has 0 saturated carbocycles. The van der Waals surface area contributed by atoms with E-state index >= 15 is 0 Å². The molecule has 0 bridgehead atoms. The van der Waals surface area contributed by atoms with E-state index in [1.807, 2.05) is 145 Å². The summed E-state index contributed by atoms with van der Waals surface area (Å²) in [6, 6.07) is 0.297. The van der Waals surface area contributed by atoms with Crippen LogP contribution < -0.4 is 11.5 Å².